The van der Waals surface area contributed by atoms with E-state index in [0.717, 1.165) is 34.3 Å². The number of rotatable bonds is 4. The van der Waals surface area contributed by atoms with Gasteiger partial charge in [0.25, 0.3) is 0 Å². The summed E-state index contributed by atoms with van der Waals surface area (Å²) in [6.45, 7) is 0.726. The highest BCUT2D eigenvalue weighted by Gasteiger charge is 2.22. The van der Waals surface area contributed by atoms with Crippen molar-refractivity contribution < 1.29 is 4.79 Å². The van der Waals surface area contributed by atoms with Crippen molar-refractivity contribution in [2.45, 2.75) is 25.4 Å². The lowest BCUT2D eigenvalue weighted by Crippen LogP contribution is -2.18. The SMILES string of the molecule is O=C1CCC(c2cccc(NCc3ccncc3Br)c2)N1. The number of nitrogens with one attached hydrogen (secondary N) is 2. The molecule has 1 aliphatic heterocycles. The van der Waals surface area contributed by atoms with E-state index in [1.807, 2.05) is 18.2 Å². The minimum absolute atomic E-state index is 0.138. The van der Waals surface area contributed by atoms with Crippen LogP contribution in [0, 0.1) is 0 Å². The van der Waals surface area contributed by atoms with Crippen LogP contribution in [-0.4, -0.2) is 10.9 Å². The maximum Gasteiger partial charge on any atom is 0.220 e. The molecule has 3 rings (SSSR count). The highest BCUT2D eigenvalue weighted by molar-refractivity contribution is 9.10. The number of amides is 1. The monoisotopic (exact) mass is 345 g/mol. The molecule has 1 aromatic carbocycles. The second-order valence-electron chi connectivity index (χ2n) is 5.10. The number of hydrogen-bond acceptors (Lipinski definition) is 3. The van der Waals surface area contributed by atoms with Gasteiger partial charge in [-0.2, -0.15) is 0 Å². The summed E-state index contributed by atoms with van der Waals surface area (Å²) in [5, 5.41) is 6.40. The number of benzene rings is 1. The number of pyridine rings is 1. The molecule has 2 heterocycles. The molecule has 1 unspecified atom stereocenters. The van der Waals surface area contributed by atoms with Crippen molar-refractivity contribution in [2.24, 2.45) is 0 Å². The normalized spacial score (nSPS) is 17.6. The van der Waals surface area contributed by atoms with E-state index >= 15 is 0 Å². The molecule has 1 fully saturated rings. The average molecular weight is 346 g/mol. The molecule has 4 nitrogen and oxygen atoms in total. The number of carbonyl (C=O) groups is 1. The fourth-order valence-corrected chi connectivity index (χ4v) is 2.86. The van der Waals surface area contributed by atoms with Crippen LogP contribution in [0.4, 0.5) is 5.69 Å². The standard InChI is InChI=1S/C16H16BrN3O/c17-14-10-18-7-6-12(14)9-19-13-3-1-2-11(8-13)15-4-5-16(21)20-15/h1-3,6-8,10,15,19H,4-5,9H2,(H,20,21). The first-order valence-electron chi connectivity index (χ1n) is 6.94. The Bertz CT molecular complexity index is 659. The van der Waals surface area contributed by atoms with Crippen LogP contribution < -0.4 is 10.6 Å². The molecule has 5 heteroatoms. The van der Waals surface area contributed by atoms with Crippen LogP contribution in [0.25, 0.3) is 0 Å². The first kappa shape index (κ1) is 14.1. The molecule has 1 atom stereocenters. The largest absolute Gasteiger partial charge is 0.381 e. The van der Waals surface area contributed by atoms with Crippen LogP contribution in [0.5, 0.6) is 0 Å². The Morgan fingerprint density at radius 3 is 3.05 bits per heavy atom. The minimum Gasteiger partial charge on any atom is -0.381 e. The van der Waals surface area contributed by atoms with Crippen LogP contribution >= 0.6 is 15.9 Å². The predicted molar refractivity (Wildman–Crippen MR) is 85.8 cm³/mol. The number of carbonyl (C=O) groups excluding carboxylic acids is 1. The zero-order chi connectivity index (χ0) is 14.7. The Morgan fingerprint density at radius 1 is 1.38 bits per heavy atom. The van der Waals surface area contributed by atoms with E-state index in [1.165, 1.54) is 0 Å². The first-order chi connectivity index (χ1) is 10.2. The number of aromatic nitrogens is 1. The van der Waals surface area contributed by atoms with Crippen molar-refractivity contribution >= 4 is 27.5 Å². The molecule has 0 radical (unpaired) electrons. The second kappa shape index (κ2) is 6.26. The number of anilines is 1. The van der Waals surface area contributed by atoms with E-state index < -0.39 is 0 Å². The fraction of sp³-hybridized carbons (Fsp3) is 0.250. The topological polar surface area (TPSA) is 54.0 Å². The third-order valence-corrected chi connectivity index (χ3v) is 4.34. The van der Waals surface area contributed by atoms with Gasteiger partial charge < -0.3 is 10.6 Å². The quantitative estimate of drug-likeness (QED) is 0.892. The van der Waals surface area contributed by atoms with Crippen molar-refractivity contribution in [3.05, 3.63) is 58.3 Å². The average Bonchev–Trinajstić information content (AvgIpc) is 2.93. The smallest absolute Gasteiger partial charge is 0.220 e. The Morgan fingerprint density at radius 2 is 2.29 bits per heavy atom. The van der Waals surface area contributed by atoms with Gasteiger partial charge in [0.15, 0.2) is 0 Å². The maximum atomic E-state index is 11.3. The van der Waals surface area contributed by atoms with Gasteiger partial charge in [0.1, 0.15) is 0 Å². The van der Waals surface area contributed by atoms with Gasteiger partial charge >= 0.3 is 0 Å². The summed E-state index contributed by atoms with van der Waals surface area (Å²) in [7, 11) is 0. The predicted octanol–water partition coefficient (Wildman–Crippen LogP) is 3.41. The molecule has 0 bridgehead atoms. The Balaban J connectivity index is 1.69. The summed E-state index contributed by atoms with van der Waals surface area (Å²) in [4.78, 5) is 15.4. The molecular weight excluding hydrogens is 330 g/mol. The highest BCUT2D eigenvalue weighted by Crippen LogP contribution is 2.26. The van der Waals surface area contributed by atoms with Crippen molar-refractivity contribution in [2.75, 3.05) is 5.32 Å². The van der Waals surface area contributed by atoms with E-state index in [9.17, 15) is 4.79 Å². The Kier molecular flexibility index (Phi) is 4.20. The molecular formula is C16H16BrN3O. The zero-order valence-electron chi connectivity index (χ0n) is 11.5. The van der Waals surface area contributed by atoms with Gasteiger partial charge in [-0.25, -0.2) is 0 Å². The van der Waals surface area contributed by atoms with Crippen molar-refractivity contribution in [1.29, 1.82) is 0 Å². The van der Waals surface area contributed by atoms with Crippen molar-refractivity contribution in [3.63, 3.8) is 0 Å². The van der Waals surface area contributed by atoms with Gasteiger partial charge in [0.05, 0.1) is 6.04 Å². The van der Waals surface area contributed by atoms with Crippen LogP contribution in [0.15, 0.2) is 47.2 Å². The molecule has 21 heavy (non-hydrogen) atoms. The molecule has 1 saturated heterocycles. The van der Waals surface area contributed by atoms with Crippen molar-refractivity contribution in [1.82, 2.24) is 10.3 Å². The van der Waals surface area contributed by atoms with Gasteiger partial charge in [-0.15, -0.1) is 0 Å². The highest BCUT2D eigenvalue weighted by atomic mass is 79.9. The summed E-state index contributed by atoms with van der Waals surface area (Å²) in [5.41, 5.74) is 3.36. The van der Waals surface area contributed by atoms with Crippen LogP contribution in [-0.2, 0) is 11.3 Å². The molecule has 0 aliphatic carbocycles. The fourth-order valence-electron chi connectivity index (χ4n) is 2.47. The number of halogens is 1. The minimum atomic E-state index is 0.138. The van der Waals surface area contributed by atoms with E-state index in [-0.39, 0.29) is 11.9 Å². The van der Waals surface area contributed by atoms with Crippen molar-refractivity contribution in [3.8, 4) is 0 Å². The third kappa shape index (κ3) is 3.42. The van der Waals surface area contributed by atoms with Gasteiger partial charge in [-0.1, -0.05) is 12.1 Å². The summed E-state index contributed by atoms with van der Waals surface area (Å²) in [6, 6.07) is 10.3. The van der Waals surface area contributed by atoms with Crippen LogP contribution in [0.2, 0.25) is 0 Å². The lowest BCUT2D eigenvalue weighted by Gasteiger charge is -2.13. The Hall–Kier alpha value is -1.88. The molecule has 0 saturated carbocycles. The maximum absolute atomic E-state index is 11.3. The van der Waals surface area contributed by atoms with Gasteiger partial charge in [0.2, 0.25) is 5.91 Å². The van der Waals surface area contributed by atoms with E-state index in [4.69, 9.17) is 0 Å². The molecule has 1 aliphatic rings. The van der Waals surface area contributed by atoms with Crippen LogP contribution in [0.3, 0.4) is 0 Å². The van der Waals surface area contributed by atoms with Crippen LogP contribution in [0.1, 0.15) is 30.0 Å². The number of hydrogen-bond donors (Lipinski definition) is 2. The lowest BCUT2D eigenvalue weighted by molar-refractivity contribution is -0.119. The molecule has 1 amide bonds. The number of nitrogens with zero attached hydrogens (tertiary/aromatic N) is 1. The molecule has 0 spiro atoms. The Labute approximate surface area is 132 Å². The lowest BCUT2D eigenvalue weighted by atomic mass is 10.0. The van der Waals surface area contributed by atoms with Gasteiger partial charge in [-0.3, -0.25) is 9.78 Å². The summed E-state index contributed by atoms with van der Waals surface area (Å²) in [5.74, 6) is 0.138. The second-order valence-corrected chi connectivity index (χ2v) is 5.96. The van der Waals surface area contributed by atoms with Gasteiger partial charge in [0, 0.05) is 35.5 Å². The zero-order valence-corrected chi connectivity index (χ0v) is 13.1. The molecule has 2 aromatic rings. The van der Waals surface area contributed by atoms with Gasteiger partial charge in [-0.05, 0) is 51.7 Å². The summed E-state index contributed by atoms with van der Waals surface area (Å²) >= 11 is 3.49. The third-order valence-electron chi connectivity index (χ3n) is 3.62. The molecule has 1 aromatic heterocycles. The summed E-state index contributed by atoms with van der Waals surface area (Å²) < 4.78 is 0.997. The van der Waals surface area contributed by atoms with E-state index in [0.29, 0.717) is 6.42 Å². The summed E-state index contributed by atoms with van der Waals surface area (Å²) in [6.07, 6.45) is 5.07. The molecule has 108 valence electrons. The van der Waals surface area contributed by atoms with E-state index in [1.54, 1.807) is 12.4 Å². The molecule has 2 N–H and O–H groups in total. The first-order valence-corrected chi connectivity index (χ1v) is 7.73. The van der Waals surface area contributed by atoms with E-state index in [2.05, 4.69) is 43.7 Å².